The fourth-order valence-electron chi connectivity index (χ4n) is 2.60. The first kappa shape index (κ1) is 13.6. The number of nitrogens with one attached hydrogen (secondary N) is 1. The molecule has 0 amide bonds. The smallest absolute Gasteiger partial charge is 0.351 e. The van der Waals surface area contributed by atoms with Crippen LogP contribution in [-0.2, 0) is 6.18 Å². The molecule has 7 heteroatoms. The van der Waals surface area contributed by atoms with Gasteiger partial charge in [-0.15, -0.1) is 10.2 Å². The summed E-state index contributed by atoms with van der Waals surface area (Å²) in [6.45, 7) is 1.81. The molecular weight excluding hydrogens is 269 g/mol. The van der Waals surface area contributed by atoms with Crippen LogP contribution >= 0.6 is 0 Å². The molecule has 0 radical (unpaired) electrons. The molecule has 1 aliphatic heterocycles. The third-order valence-electron chi connectivity index (χ3n) is 3.80. The summed E-state index contributed by atoms with van der Waals surface area (Å²) in [6, 6.07) is 3.26. The van der Waals surface area contributed by atoms with Gasteiger partial charge in [0, 0.05) is 18.6 Å². The van der Waals surface area contributed by atoms with Crippen LogP contribution in [0.25, 0.3) is 0 Å². The lowest BCUT2D eigenvalue weighted by Gasteiger charge is -2.26. The van der Waals surface area contributed by atoms with E-state index in [0.29, 0.717) is 17.9 Å². The van der Waals surface area contributed by atoms with Crippen LogP contribution in [0.4, 0.5) is 19.0 Å². The van der Waals surface area contributed by atoms with Gasteiger partial charge in [-0.2, -0.15) is 13.2 Å². The first-order valence-electron chi connectivity index (χ1n) is 6.95. The monoisotopic (exact) mass is 286 g/mol. The fraction of sp³-hybridized carbons (Fsp3) is 0.692. The number of hydrogen-bond acceptors (Lipinski definition) is 4. The number of nitrogens with zero attached hydrogens (tertiary/aromatic N) is 3. The fourth-order valence-corrected chi connectivity index (χ4v) is 2.60. The van der Waals surface area contributed by atoms with Gasteiger partial charge in [0.2, 0.25) is 0 Å². The van der Waals surface area contributed by atoms with Gasteiger partial charge in [-0.1, -0.05) is 0 Å². The van der Waals surface area contributed by atoms with Crippen molar-refractivity contribution in [1.29, 1.82) is 0 Å². The largest absolute Gasteiger partial charge is 0.435 e. The van der Waals surface area contributed by atoms with E-state index in [1.54, 1.807) is 0 Å². The van der Waals surface area contributed by atoms with E-state index in [1.165, 1.54) is 6.07 Å². The van der Waals surface area contributed by atoms with E-state index in [9.17, 15) is 13.2 Å². The highest BCUT2D eigenvalue weighted by molar-refractivity contribution is 5.41. The van der Waals surface area contributed by atoms with Gasteiger partial charge < -0.3 is 10.2 Å². The Hall–Kier alpha value is -1.37. The molecule has 2 heterocycles. The zero-order valence-electron chi connectivity index (χ0n) is 11.0. The zero-order chi connectivity index (χ0) is 14.2. The molecule has 20 heavy (non-hydrogen) atoms. The summed E-state index contributed by atoms with van der Waals surface area (Å²) in [5.74, 6) is 0.550. The average molecular weight is 286 g/mol. The second kappa shape index (κ2) is 5.20. The second-order valence-electron chi connectivity index (χ2n) is 5.45. The Bertz CT molecular complexity index is 450. The molecule has 1 saturated heterocycles. The molecule has 3 rings (SSSR count). The lowest BCUT2D eigenvalue weighted by Crippen LogP contribution is -2.39. The molecular formula is C13H17F3N4. The third-order valence-corrected chi connectivity index (χ3v) is 3.80. The second-order valence-corrected chi connectivity index (χ2v) is 5.45. The lowest BCUT2D eigenvalue weighted by molar-refractivity contribution is -0.141. The van der Waals surface area contributed by atoms with Crippen LogP contribution < -0.4 is 10.2 Å². The van der Waals surface area contributed by atoms with E-state index in [2.05, 4.69) is 20.4 Å². The number of alkyl halides is 3. The first-order valence-corrected chi connectivity index (χ1v) is 6.95. The van der Waals surface area contributed by atoms with Crippen molar-refractivity contribution in [3.8, 4) is 0 Å². The van der Waals surface area contributed by atoms with Crippen molar-refractivity contribution in [1.82, 2.24) is 15.5 Å². The van der Waals surface area contributed by atoms with E-state index >= 15 is 0 Å². The van der Waals surface area contributed by atoms with Crippen LogP contribution in [0, 0.1) is 0 Å². The summed E-state index contributed by atoms with van der Waals surface area (Å²) in [5, 5.41) is 10.5. The normalized spacial score (nSPS) is 23.1. The SMILES string of the molecule is FC(F)(F)c1ccc(N(CC2CCCN2)C2CC2)nn1. The van der Waals surface area contributed by atoms with Crippen LogP contribution in [0.2, 0.25) is 0 Å². The average Bonchev–Trinajstić information content (AvgIpc) is 3.12. The molecule has 1 saturated carbocycles. The molecule has 0 spiro atoms. The molecule has 4 nitrogen and oxygen atoms in total. The van der Waals surface area contributed by atoms with Crippen LogP contribution in [-0.4, -0.2) is 35.4 Å². The molecule has 2 aliphatic rings. The topological polar surface area (TPSA) is 41.0 Å². The Morgan fingerprint density at radius 3 is 2.50 bits per heavy atom. The molecule has 1 unspecified atom stereocenters. The van der Waals surface area contributed by atoms with Gasteiger partial charge in [0.25, 0.3) is 0 Å². The number of aromatic nitrogens is 2. The minimum absolute atomic E-state index is 0.402. The Morgan fingerprint density at radius 2 is 2.00 bits per heavy atom. The van der Waals surface area contributed by atoms with Gasteiger partial charge >= 0.3 is 6.18 Å². The maximum atomic E-state index is 12.5. The number of halogens is 3. The molecule has 0 aromatic carbocycles. The molecule has 0 bridgehead atoms. The van der Waals surface area contributed by atoms with Gasteiger partial charge in [0.1, 0.15) is 0 Å². The van der Waals surface area contributed by atoms with Crippen molar-refractivity contribution < 1.29 is 13.2 Å². The van der Waals surface area contributed by atoms with Crippen molar-refractivity contribution in [3.63, 3.8) is 0 Å². The van der Waals surface area contributed by atoms with E-state index in [1.807, 2.05) is 0 Å². The van der Waals surface area contributed by atoms with E-state index in [0.717, 1.165) is 44.8 Å². The van der Waals surface area contributed by atoms with E-state index in [4.69, 9.17) is 0 Å². The maximum absolute atomic E-state index is 12.5. The first-order chi connectivity index (χ1) is 9.54. The highest BCUT2D eigenvalue weighted by atomic mass is 19.4. The van der Waals surface area contributed by atoms with Crippen molar-refractivity contribution in [3.05, 3.63) is 17.8 Å². The quantitative estimate of drug-likeness (QED) is 0.921. The summed E-state index contributed by atoms with van der Waals surface area (Å²) in [4.78, 5) is 2.09. The highest BCUT2D eigenvalue weighted by Gasteiger charge is 2.35. The van der Waals surface area contributed by atoms with E-state index < -0.39 is 11.9 Å². The van der Waals surface area contributed by atoms with Gasteiger partial charge in [-0.25, -0.2) is 0 Å². The van der Waals surface area contributed by atoms with Crippen LogP contribution in [0.5, 0.6) is 0 Å². The summed E-state index contributed by atoms with van der Waals surface area (Å²) in [5.41, 5.74) is -0.934. The highest BCUT2D eigenvalue weighted by Crippen LogP contribution is 2.32. The lowest BCUT2D eigenvalue weighted by atomic mass is 10.2. The standard InChI is InChI=1S/C13H17F3N4/c14-13(15,16)11-5-6-12(19-18-11)20(10-3-4-10)8-9-2-1-7-17-9/h5-6,9-10,17H,1-4,7-8H2. The Morgan fingerprint density at radius 1 is 1.20 bits per heavy atom. The summed E-state index contributed by atoms with van der Waals surface area (Å²) < 4.78 is 37.5. The molecule has 1 N–H and O–H groups in total. The van der Waals surface area contributed by atoms with Crippen molar-refractivity contribution in [2.24, 2.45) is 0 Å². The van der Waals surface area contributed by atoms with Crippen LogP contribution in [0.15, 0.2) is 12.1 Å². The molecule has 2 fully saturated rings. The summed E-state index contributed by atoms with van der Waals surface area (Å²) >= 11 is 0. The van der Waals surface area contributed by atoms with Crippen molar-refractivity contribution in [2.45, 2.75) is 43.9 Å². The van der Waals surface area contributed by atoms with Crippen molar-refractivity contribution in [2.75, 3.05) is 18.0 Å². The van der Waals surface area contributed by atoms with Gasteiger partial charge in [0.15, 0.2) is 11.5 Å². The molecule has 1 aromatic heterocycles. The minimum Gasteiger partial charge on any atom is -0.351 e. The summed E-state index contributed by atoms with van der Waals surface area (Å²) in [6.07, 6.45) is -0.00700. The Labute approximate surface area is 115 Å². The van der Waals surface area contributed by atoms with E-state index in [-0.39, 0.29) is 0 Å². The third kappa shape index (κ3) is 3.03. The Kier molecular flexibility index (Phi) is 3.54. The number of anilines is 1. The Balaban J connectivity index is 1.73. The molecule has 1 aliphatic carbocycles. The minimum atomic E-state index is -4.43. The predicted molar refractivity (Wildman–Crippen MR) is 68.4 cm³/mol. The zero-order valence-corrected chi connectivity index (χ0v) is 11.0. The van der Waals surface area contributed by atoms with Crippen molar-refractivity contribution >= 4 is 5.82 Å². The van der Waals surface area contributed by atoms with Gasteiger partial charge in [-0.05, 0) is 44.4 Å². The number of rotatable bonds is 4. The maximum Gasteiger partial charge on any atom is 0.435 e. The molecule has 1 atom stereocenters. The number of hydrogen-bond donors (Lipinski definition) is 1. The van der Waals surface area contributed by atoms with Crippen LogP contribution in [0.1, 0.15) is 31.4 Å². The predicted octanol–water partition coefficient (Wildman–Crippen LogP) is 2.22. The van der Waals surface area contributed by atoms with Crippen LogP contribution in [0.3, 0.4) is 0 Å². The summed E-state index contributed by atoms with van der Waals surface area (Å²) in [7, 11) is 0. The van der Waals surface area contributed by atoms with Gasteiger partial charge in [-0.3, -0.25) is 0 Å². The molecule has 1 aromatic rings. The van der Waals surface area contributed by atoms with Gasteiger partial charge in [0.05, 0.1) is 0 Å². The molecule has 110 valence electrons.